The van der Waals surface area contributed by atoms with E-state index in [1.54, 1.807) is 12.1 Å². The van der Waals surface area contributed by atoms with Crippen molar-refractivity contribution in [3.8, 4) is 5.75 Å². The average molecular weight is 269 g/mol. The van der Waals surface area contributed by atoms with Gasteiger partial charge in [-0.05, 0) is 25.0 Å². The van der Waals surface area contributed by atoms with E-state index in [4.69, 9.17) is 0 Å². The number of rotatable bonds is 4. The molecule has 0 aromatic heterocycles. The van der Waals surface area contributed by atoms with E-state index >= 15 is 0 Å². The maximum Gasteiger partial charge on any atom is 0.387 e. The van der Waals surface area contributed by atoms with Gasteiger partial charge >= 0.3 is 6.61 Å². The van der Waals surface area contributed by atoms with Crippen LogP contribution in [0.25, 0.3) is 0 Å². The zero-order chi connectivity index (χ0) is 13.7. The van der Waals surface area contributed by atoms with Crippen molar-refractivity contribution in [3.63, 3.8) is 0 Å². The molecule has 1 amide bonds. The van der Waals surface area contributed by atoms with E-state index in [2.05, 4.69) is 10.1 Å². The van der Waals surface area contributed by atoms with Gasteiger partial charge in [-0.15, -0.1) is 0 Å². The van der Waals surface area contributed by atoms with Crippen molar-refractivity contribution >= 4 is 5.91 Å². The number of para-hydroxylation sites is 1. The number of ether oxygens (including phenoxy) is 1. The number of hydrogen-bond donors (Lipinski definition) is 1. The number of halogens is 2. The van der Waals surface area contributed by atoms with Crippen LogP contribution in [-0.4, -0.2) is 18.6 Å². The standard InChI is InChI=1S/C14H17F2NO2/c15-14(16)19-12-9-5-4-8-11(12)13(18)17-10-6-2-1-3-7-10/h4-5,8-10,14H,1-3,6-7H2,(H,17,18). The Balaban J connectivity index is 2.05. The Hall–Kier alpha value is -1.65. The number of alkyl halides is 2. The van der Waals surface area contributed by atoms with Crippen molar-refractivity contribution in [3.05, 3.63) is 29.8 Å². The minimum Gasteiger partial charge on any atom is -0.434 e. The second kappa shape index (κ2) is 6.50. The summed E-state index contributed by atoms with van der Waals surface area (Å²) in [4.78, 5) is 12.1. The Morgan fingerprint density at radius 2 is 1.89 bits per heavy atom. The van der Waals surface area contributed by atoms with Crippen LogP contribution in [0.3, 0.4) is 0 Å². The van der Waals surface area contributed by atoms with Gasteiger partial charge in [0.05, 0.1) is 5.56 Å². The molecule has 0 saturated heterocycles. The van der Waals surface area contributed by atoms with Crippen molar-refractivity contribution < 1.29 is 18.3 Å². The highest BCUT2D eigenvalue weighted by atomic mass is 19.3. The number of nitrogens with one attached hydrogen (secondary N) is 1. The molecule has 104 valence electrons. The molecule has 2 rings (SSSR count). The molecule has 1 N–H and O–H groups in total. The third-order valence-electron chi connectivity index (χ3n) is 3.29. The van der Waals surface area contributed by atoms with Gasteiger partial charge in [-0.2, -0.15) is 8.78 Å². The normalized spacial score (nSPS) is 16.4. The highest BCUT2D eigenvalue weighted by Gasteiger charge is 2.19. The van der Waals surface area contributed by atoms with E-state index in [1.807, 2.05) is 0 Å². The van der Waals surface area contributed by atoms with E-state index in [9.17, 15) is 13.6 Å². The highest BCUT2D eigenvalue weighted by molar-refractivity contribution is 5.97. The predicted molar refractivity (Wildman–Crippen MR) is 67.4 cm³/mol. The lowest BCUT2D eigenvalue weighted by Gasteiger charge is -2.23. The van der Waals surface area contributed by atoms with Crippen molar-refractivity contribution in [2.45, 2.75) is 44.8 Å². The quantitative estimate of drug-likeness (QED) is 0.910. The molecule has 19 heavy (non-hydrogen) atoms. The second-order valence-electron chi connectivity index (χ2n) is 4.68. The van der Waals surface area contributed by atoms with E-state index in [-0.39, 0.29) is 23.3 Å². The molecule has 0 radical (unpaired) electrons. The first kappa shape index (κ1) is 13.8. The molecule has 0 bridgehead atoms. The van der Waals surface area contributed by atoms with Crippen molar-refractivity contribution in [1.29, 1.82) is 0 Å². The van der Waals surface area contributed by atoms with Crippen LogP contribution >= 0.6 is 0 Å². The number of hydrogen-bond acceptors (Lipinski definition) is 2. The van der Waals surface area contributed by atoms with Gasteiger partial charge in [0.25, 0.3) is 5.91 Å². The van der Waals surface area contributed by atoms with Gasteiger partial charge in [0.1, 0.15) is 5.75 Å². The molecule has 1 aliphatic carbocycles. The van der Waals surface area contributed by atoms with Crippen LogP contribution in [0, 0.1) is 0 Å². The Bertz CT molecular complexity index is 431. The first-order chi connectivity index (χ1) is 9.16. The first-order valence-electron chi connectivity index (χ1n) is 6.51. The molecule has 0 atom stereocenters. The summed E-state index contributed by atoms with van der Waals surface area (Å²) < 4.78 is 28.9. The lowest BCUT2D eigenvalue weighted by atomic mass is 9.95. The number of amides is 1. The highest BCUT2D eigenvalue weighted by Crippen LogP contribution is 2.22. The third-order valence-corrected chi connectivity index (χ3v) is 3.29. The van der Waals surface area contributed by atoms with Crippen LogP contribution < -0.4 is 10.1 Å². The van der Waals surface area contributed by atoms with Crippen LogP contribution in [0.5, 0.6) is 5.75 Å². The van der Waals surface area contributed by atoms with Gasteiger partial charge in [0.15, 0.2) is 0 Å². The monoisotopic (exact) mass is 269 g/mol. The van der Waals surface area contributed by atoms with Gasteiger partial charge in [-0.3, -0.25) is 4.79 Å². The molecular weight excluding hydrogens is 252 g/mol. The minimum atomic E-state index is -2.93. The Morgan fingerprint density at radius 1 is 1.21 bits per heavy atom. The molecule has 1 aromatic rings. The van der Waals surface area contributed by atoms with Crippen molar-refractivity contribution in [2.75, 3.05) is 0 Å². The molecule has 0 spiro atoms. The van der Waals surface area contributed by atoms with Gasteiger partial charge in [-0.25, -0.2) is 0 Å². The largest absolute Gasteiger partial charge is 0.434 e. The first-order valence-corrected chi connectivity index (χ1v) is 6.51. The van der Waals surface area contributed by atoms with Crippen LogP contribution in [0.2, 0.25) is 0 Å². The Labute approximate surface area is 111 Å². The summed E-state index contributed by atoms with van der Waals surface area (Å²) in [7, 11) is 0. The van der Waals surface area contributed by atoms with E-state index < -0.39 is 6.61 Å². The Morgan fingerprint density at radius 3 is 2.58 bits per heavy atom. The molecule has 0 aliphatic heterocycles. The summed E-state index contributed by atoms with van der Waals surface area (Å²) >= 11 is 0. The summed E-state index contributed by atoms with van der Waals surface area (Å²) in [6.45, 7) is -2.93. The summed E-state index contributed by atoms with van der Waals surface area (Å²) in [6.07, 6.45) is 5.28. The SMILES string of the molecule is O=C(NC1CCCCC1)c1ccccc1OC(F)F. The zero-order valence-corrected chi connectivity index (χ0v) is 10.6. The fourth-order valence-corrected chi connectivity index (χ4v) is 2.36. The van der Waals surface area contributed by atoms with E-state index in [1.165, 1.54) is 18.6 Å². The smallest absolute Gasteiger partial charge is 0.387 e. The molecule has 0 heterocycles. The molecule has 5 heteroatoms. The molecule has 1 aliphatic rings. The Kier molecular flexibility index (Phi) is 4.71. The van der Waals surface area contributed by atoms with Gasteiger partial charge in [0.2, 0.25) is 0 Å². The van der Waals surface area contributed by atoms with Crippen LogP contribution in [0.4, 0.5) is 8.78 Å². The topological polar surface area (TPSA) is 38.3 Å². The maximum atomic E-state index is 12.3. The van der Waals surface area contributed by atoms with Gasteiger partial charge in [0, 0.05) is 6.04 Å². The van der Waals surface area contributed by atoms with Crippen LogP contribution in [-0.2, 0) is 0 Å². The molecule has 3 nitrogen and oxygen atoms in total. The molecule has 1 fully saturated rings. The number of benzene rings is 1. The third kappa shape index (κ3) is 3.91. The van der Waals surface area contributed by atoms with Crippen molar-refractivity contribution in [2.24, 2.45) is 0 Å². The fourth-order valence-electron chi connectivity index (χ4n) is 2.36. The molecular formula is C14H17F2NO2. The second-order valence-corrected chi connectivity index (χ2v) is 4.68. The number of carbonyl (C=O) groups is 1. The van der Waals surface area contributed by atoms with Crippen LogP contribution in [0.1, 0.15) is 42.5 Å². The van der Waals surface area contributed by atoms with Gasteiger partial charge in [-0.1, -0.05) is 31.4 Å². The predicted octanol–water partition coefficient (Wildman–Crippen LogP) is 3.35. The average Bonchev–Trinajstić information content (AvgIpc) is 2.39. The van der Waals surface area contributed by atoms with Gasteiger partial charge < -0.3 is 10.1 Å². The fraction of sp³-hybridized carbons (Fsp3) is 0.500. The summed E-state index contributed by atoms with van der Waals surface area (Å²) in [5, 5.41) is 2.88. The maximum absolute atomic E-state index is 12.3. The van der Waals surface area contributed by atoms with Crippen LogP contribution in [0.15, 0.2) is 24.3 Å². The summed E-state index contributed by atoms with van der Waals surface area (Å²) in [5.41, 5.74) is 0.161. The lowest BCUT2D eigenvalue weighted by molar-refractivity contribution is -0.0501. The molecule has 1 aromatic carbocycles. The molecule has 1 saturated carbocycles. The van der Waals surface area contributed by atoms with Crippen molar-refractivity contribution in [1.82, 2.24) is 5.32 Å². The minimum absolute atomic E-state index is 0.0780. The zero-order valence-electron chi connectivity index (χ0n) is 10.6. The lowest BCUT2D eigenvalue weighted by Crippen LogP contribution is -2.36. The van der Waals surface area contributed by atoms with E-state index in [0.717, 1.165) is 25.7 Å². The molecule has 0 unspecified atom stereocenters. The summed E-state index contributed by atoms with van der Waals surface area (Å²) in [6, 6.07) is 6.21. The summed E-state index contributed by atoms with van der Waals surface area (Å²) in [5.74, 6) is -0.422. The van der Waals surface area contributed by atoms with E-state index in [0.29, 0.717) is 0 Å². The number of carbonyl (C=O) groups excluding carboxylic acids is 1.